The number of hydrogen-bond donors (Lipinski definition) is 0. The summed E-state index contributed by atoms with van der Waals surface area (Å²) >= 11 is 0. The van der Waals surface area contributed by atoms with Crippen molar-refractivity contribution in [3.8, 4) is 5.75 Å². The van der Waals surface area contributed by atoms with Crippen molar-refractivity contribution >= 4 is 17.4 Å². The van der Waals surface area contributed by atoms with E-state index in [4.69, 9.17) is 14.4 Å². The summed E-state index contributed by atoms with van der Waals surface area (Å²) in [4.78, 5) is 22.0. The van der Waals surface area contributed by atoms with Gasteiger partial charge in [0, 0.05) is 16.7 Å². The second-order valence-corrected chi connectivity index (χ2v) is 5.80. The van der Waals surface area contributed by atoms with E-state index in [1.165, 1.54) is 32.4 Å². The smallest absolute Gasteiger partial charge is 0.464 e. The molecule has 0 saturated heterocycles. The van der Waals surface area contributed by atoms with Gasteiger partial charge in [0.1, 0.15) is 19.5 Å². The molecule has 0 spiro atoms. The average Bonchev–Trinajstić information content (AvgIpc) is 2.71. The highest BCUT2D eigenvalue weighted by Gasteiger charge is 2.31. The minimum absolute atomic E-state index is 0.0357. The first-order chi connectivity index (χ1) is 14.2. The fourth-order valence-corrected chi connectivity index (χ4v) is 2.43. The van der Waals surface area contributed by atoms with Gasteiger partial charge in [-0.1, -0.05) is 46.7 Å². The number of oxime groups is 2. The van der Waals surface area contributed by atoms with Crippen LogP contribution in [0.15, 0.2) is 58.8 Å². The molecular formula is C20H19F3N2O5. The Bertz CT molecular complexity index is 942. The molecule has 0 aliphatic carbocycles. The van der Waals surface area contributed by atoms with E-state index in [0.29, 0.717) is 22.4 Å². The first kappa shape index (κ1) is 22.7. The van der Waals surface area contributed by atoms with E-state index in [2.05, 4.69) is 15.0 Å². The standard InChI is InChI=1S/C20H19F3N2O5/c1-13(14-8-6-9-16(11-14)30-20(21,22)23)24-29-12-15-7-4-5-10-17(15)18(25-28-3)19(26)27-2/h4-11H,12H2,1-3H3/b24-13+,25-18+. The van der Waals surface area contributed by atoms with Crippen molar-refractivity contribution in [2.24, 2.45) is 10.3 Å². The normalized spacial score (nSPS) is 12.3. The van der Waals surface area contributed by atoms with Gasteiger partial charge in [-0.2, -0.15) is 0 Å². The van der Waals surface area contributed by atoms with Crippen molar-refractivity contribution in [3.63, 3.8) is 0 Å². The first-order valence-corrected chi connectivity index (χ1v) is 8.55. The minimum atomic E-state index is -4.79. The SMILES string of the molecule is CO/N=C(/C(=O)OC)c1ccccc1CO/N=C(\C)c1cccc(OC(F)(F)F)c1. The summed E-state index contributed by atoms with van der Waals surface area (Å²) in [6.45, 7) is 1.54. The molecule has 2 rings (SSSR count). The summed E-state index contributed by atoms with van der Waals surface area (Å²) < 4.78 is 45.7. The number of carbonyl (C=O) groups excluding carboxylic acids is 1. The Morgan fingerprint density at radius 3 is 2.43 bits per heavy atom. The molecule has 0 bridgehead atoms. The molecule has 0 aliphatic rings. The van der Waals surface area contributed by atoms with Crippen LogP contribution in [-0.2, 0) is 25.8 Å². The summed E-state index contributed by atoms with van der Waals surface area (Å²) in [5.74, 6) is -1.05. The molecule has 10 heteroatoms. The molecule has 0 unspecified atom stereocenters. The van der Waals surface area contributed by atoms with Gasteiger partial charge in [0.25, 0.3) is 0 Å². The zero-order valence-corrected chi connectivity index (χ0v) is 16.4. The van der Waals surface area contributed by atoms with Gasteiger partial charge >= 0.3 is 12.3 Å². The fourth-order valence-electron chi connectivity index (χ4n) is 2.43. The van der Waals surface area contributed by atoms with Gasteiger partial charge in [-0.15, -0.1) is 13.2 Å². The summed E-state index contributed by atoms with van der Waals surface area (Å²) in [6.07, 6.45) is -4.79. The first-order valence-electron chi connectivity index (χ1n) is 8.55. The highest BCUT2D eigenvalue weighted by molar-refractivity contribution is 6.43. The maximum atomic E-state index is 12.4. The van der Waals surface area contributed by atoms with Gasteiger partial charge < -0.3 is 19.1 Å². The Morgan fingerprint density at radius 2 is 1.77 bits per heavy atom. The predicted octanol–water partition coefficient (Wildman–Crippen LogP) is 4.05. The van der Waals surface area contributed by atoms with Crippen LogP contribution in [-0.4, -0.2) is 38.0 Å². The molecule has 0 saturated carbocycles. The average molecular weight is 424 g/mol. The fraction of sp³-hybridized carbons (Fsp3) is 0.250. The Balaban J connectivity index is 2.17. The summed E-state index contributed by atoms with van der Waals surface area (Å²) in [5.41, 5.74) is 1.68. The lowest BCUT2D eigenvalue weighted by atomic mass is 10.0. The summed E-state index contributed by atoms with van der Waals surface area (Å²) in [7, 11) is 2.52. The van der Waals surface area contributed by atoms with E-state index in [-0.39, 0.29) is 18.1 Å². The number of halogens is 3. The van der Waals surface area contributed by atoms with Crippen molar-refractivity contribution in [3.05, 3.63) is 65.2 Å². The van der Waals surface area contributed by atoms with E-state index in [9.17, 15) is 18.0 Å². The quantitative estimate of drug-likeness (QED) is 0.363. The van der Waals surface area contributed by atoms with Crippen LogP contribution < -0.4 is 4.74 Å². The van der Waals surface area contributed by atoms with E-state index < -0.39 is 12.3 Å². The van der Waals surface area contributed by atoms with Crippen LogP contribution in [0.25, 0.3) is 0 Å². The number of ether oxygens (including phenoxy) is 2. The summed E-state index contributed by atoms with van der Waals surface area (Å²) in [6, 6.07) is 12.1. The van der Waals surface area contributed by atoms with Crippen LogP contribution in [0.4, 0.5) is 13.2 Å². The van der Waals surface area contributed by atoms with Gasteiger partial charge in [0.05, 0.1) is 12.8 Å². The Morgan fingerprint density at radius 1 is 1.03 bits per heavy atom. The number of carbonyl (C=O) groups is 1. The molecule has 2 aromatic carbocycles. The highest BCUT2D eigenvalue weighted by atomic mass is 19.4. The van der Waals surface area contributed by atoms with Crippen LogP contribution in [0.2, 0.25) is 0 Å². The van der Waals surface area contributed by atoms with Crippen LogP contribution in [0.3, 0.4) is 0 Å². The molecule has 0 atom stereocenters. The molecule has 160 valence electrons. The Hall–Kier alpha value is -3.56. The minimum Gasteiger partial charge on any atom is -0.464 e. The van der Waals surface area contributed by atoms with Gasteiger partial charge in [0.2, 0.25) is 0 Å². The molecule has 0 aliphatic heterocycles. The molecule has 0 N–H and O–H groups in total. The zero-order chi connectivity index (χ0) is 22.1. The second kappa shape index (κ2) is 10.3. The monoisotopic (exact) mass is 424 g/mol. The van der Waals surface area contributed by atoms with Crippen molar-refractivity contribution < 1.29 is 37.1 Å². The maximum absolute atomic E-state index is 12.4. The largest absolute Gasteiger partial charge is 0.573 e. The lowest BCUT2D eigenvalue weighted by molar-refractivity contribution is -0.274. The van der Waals surface area contributed by atoms with Gasteiger partial charge in [-0.05, 0) is 19.1 Å². The number of nitrogens with zero attached hydrogens (tertiary/aromatic N) is 2. The van der Waals surface area contributed by atoms with Crippen molar-refractivity contribution in [2.45, 2.75) is 19.9 Å². The highest BCUT2D eigenvalue weighted by Crippen LogP contribution is 2.23. The number of rotatable bonds is 8. The summed E-state index contributed by atoms with van der Waals surface area (Å²) in [5, 5.41) is 7.63. The third-order valence-corrected chi connectivity index (χ3v) is 3.74. The van der Waals surface area contributed by atoms with E-state index in [1.807, 2.05) is 0 Å². The molecule has 0 radical (unpaired) electrons. The second-order valence-electron chi connectivity index (χ2n) is 5.80. The van der Waals surface area contributed by atoms with E-state index >= 15 is 0 Å². The Kier molecular flexibility index (Phi) is 7.79. The maximum Gasteiger partial charge on any atom is 0.573 e. The number of benzene rings is 2. The number of methoxy groups -OCH3 is 1. The van der Waals surface area contributed by atoms with Gasteiger partial charge in [-0.25, -0.2) is 4.79 Å². The molecule has 0 amide bonds. The van der Waals surface area contributed by atoms with Crippen LogP contribution >= 0.6 is 0 Å². The van der Waals surface area contributed by atoms with Crippen molar-refractivity contribution in [1.82, 2.24) is 0 Å². The van der Waals surface area contributed by atoms with Gasteiger partial charge in [0.15, 0.2) is 5.71 Å². The van der Waals surface area contributed by atoms with Gasteiger partial charge in [-0.3, -0.25) is 0 Å². The van der Waals surface area contributed by atoms with E-state index in [1.54, 1.807) is 37.3 Å². The molecule has 0 fully saturated rings. The van der Waals surface area contributed by atoms with Crippen LogP contribution in [0.5, 0.6) is 5.75 Å². The van der Waals surface area contributed by atoms with E-state index in [0.717, 1.165) is 0 Å². The molecular weight excluding hydrogens is 405 g/mol. The molecule has 2 aromatic rings. The topological polar surface area (TPSA) is 78.7 Å². The molecule has 0 heterocycles. The lowest BCUT2D eigenvalue weighted by Crippen LogP contribution is -2.19. The number of hydrogen-bond acceptors (Lipinski definition) is 7. The molecule has 0 aromatic heterocycles. The third kappa shape index (κ3) is 6.50. The zero-order valence-electron chi connectivity index (χ0n) is 16.4. The predicted molar refractivity (Wildman–Crippen MR) is 102 cm³/mol. The van der Waals surface area contributed by atoms with Crippen LogP contribution in [0, 0.1) is 0 Å². The number of alkyl halides is 3. The molecule has 30 heavy (non-hydrogen) atoms. The third-order valence-electron chi connectivity index (χ3n) is 3.74. The number of esters is 1. The molecule has 7 nitrogen and oxygen atoms in total. The van der Waals surface area contributed by atoms with Crippen molar-refractivity contribution in [2.75, 3.05) is 14.2 Å². The lowest BCUT2D eigenvalue weighted by Gasteiger charge is -2.11. The van der Waals surface area contributed by atoms with Crippen molar-refractivity contribution in [1.29, 1.82) is 0 Å². The van der Waals surface area contributed by atoms with Crippen LogP contribution in [0.1, 0.15) is 23.6 Å². The Labute approximate surface area is 170 Å².